The van der Waals surface area contributed by atoms with Gasteiger partial charge in [0.05, 0.1) is 25.5 Å². The molecule has 0 aliphatic carbocycles. The maximum Gasteiger partial charge on any atom is 0.0966 e. The van der Waals surface area contributed by atoms with Crippen LogP contribution in [0, 0.1) is 0 Å². The van der Waals surface area contributed by atoms with Crippen molar-refractivity contribution in [3.05, 3.63) is 36.7 Å². The number of nitrogens with zero attached hydrogens (tertiary/aromatic N) is 2. The molecular formula is C12H15N3O2. The third kappa shape index (κ3) is 2.64. The first-order valence-corrected chi connectivity index (χ1v) is 5.37. The molecule has 0 bridgehead atoms. The Labute approximate surface area is 99.1 Å². The van der Waals surface area contributed by atoms with E-state index in [9.17, 15) is 5.11 Å². The Bertz CT molecular complexity index is 496. The van der Waals surface area contributed by atoms with E-state index >= 15 is 0 Å². The average Bonchev–Trinajstić information content (AvgIpc) is 2.78. The number of aliphatic hydroxyl groups is 2. The third-order valence-corrected chi connectivity index (χ3v) is 2.51. The fourth-order valence-electron chi connectivity index (χ4n) is 1.64. The number of para-hydroxylation sites is 1. The highest BCUT2D eigenvalue weighted by molar-refractivity contribution is 5.75. The van der Waals surface area contributed by atoms with Crippen LogP contribution in [0.3, 0.4) is 0 Å². The molecule has 5 heteroatoms. The lowest BCUT2D eigenvalue weighted by molar-refractivity contribution is 0.0783. The van der Waals surface area contributed by atoms with E-state index in [2.05, 4.69) is 5.10 Å². The highest BCUT2D eigenvalue weighted by Crippen LogP contribution is 2.24. The van der Waals surface area contributed by atoms with E-state index in [1.807, 2.05) is 24.3 Å². The summed E-state index contributed by atoms with van der Waals surface area (Å²) in [4.78, 5) is 0. The topological polar surface area (TPSA) is 84.3 Å². The molecule has 0 fully saturated rings. The van der Waals surface area contributed by atoms with Crippen LogP contribution in [0.2, 0.25) is 0 Å². The predicted octanol–water partition coefficient (Wildman–Crippen LogP) is 0.485. The molecule has 0 aliphatic rings. The summed E-state index contributed by atoms with van der Waals surface area (Å²) in [7, 11) is 0. The molecule has 1 aromatic heterocycles. The minimum Gasteiger partial charge on any atom is -0.398 e. The number of hydrogen-bond acceptors (Lipinski definition) is 4. The van der Waals surface area contributed by atoms with Gasteiger partial charge < -0.3 is 15.9 Å². The number of aliphatic hydroxyl groups excluding tert-OH is 2. The highest BCUT2D eigenvalue weighted by atomic mass is 16.3. The van der Waals surface area contributed by atoms with E-state index in [0.29, 0.717) is 5.69 Å². The number of rotatable bonds is 4. The van der Waals surface area contributed by atoms with Crippen LogP contribution in [0.1, 0.15) is 0 Å². The van der Waals surface area contributed by atoms with Gasteiger partial charge in [-0.2, -0.15) is 5.10 Å². The molecule has 0 saturated heterocycles. The Morgan fingerprint density at radius 1 is 1.35 bits per heavy atom. The zero-order valence-electron chi connectivity index (χ0n) is 9.32. The van der Waals surface area contributed by atoms with Gasteiger partial charge in [-0.15, -0.1) is 0 Å². The van der Waals surface area contributed by atoms with E-state index in [4.69, 9.17) is 10.8 Å². The van der Waals surface area contributed by atoms with E-state index in [-0.39, 0.29) is 13.2 Å². The van der Waals surface area contributed by atoms with Gasteiger partial charge in [-0.1, -0.05) is 18.2 Å². The Kier molecular flexibility index (Phi) is 3.41. The first-order valence-electron chi connectivity index (χ1n) is 5.37. The summed E-state index contributed by atoms with van der Waals surface area (Å²) in [5.74, 6) is 0. The summed E-state index contributed by atoms with van der Waals surface area (Å²) in [6, 6.07) is 7.53. The molecule has 1 unspecified atom stereocenters. The smallest absolute Gasteiger partial charge is 0.0966 e. The van der Waals surface area contributed by atoms with Crippen LogP contribution >= 0.6 is 0 Å². The number of hydrogen-bond donors (Lipinski definition) is 3. The lowest BCUT2D eigenvalue weighted by Crippen LogP contribution is -2.19. The van der Waals surface area contributed by atoms with Gasteiger partial charge in [0.15, 0.2) is 0 Å². The molecule has 1 atom stereocenters. The van der Waals surface area contributed by atoms with Crippen LogP contribution in [0.5, 0.6) is 0 Å². The van der Waals surface area contributed by atoms with Crippen molar-refractivity contribution in [1.29, 1.82) is 0 Å². The van der Waals surface area contributed by atoms with Crippen LogP contribution in [0.4, 0.5) is 5.69 Å². The lowest BCUT2D eigenvalue weighted by Gasteiger charge is -2.06. The first-order chi connectivity index (χ1) is 8.20. The van der Waals surface area contributed by atoms with Gasteiger partial charge in [0, 0.05) is 23.0 Å². The summed E-state index contributed by atoms with van der Waals surface area (Å²) < 4.78 is 1.59. The van der Waals surface area contributed by atoms with E-state index in [0.717, 1.165) is 11.1 Å². The van der Waals surface area contributed by atoms with E-state index in [1.165, 1.54) is 0 Å². The Morgan fingerprint density at radius 2 is 2.12 bits per heavy atom. The van der Waals surface area contributed by atoms with Gasteiger partial charge in [0.2, 0.25) is 0 Å². The maximum atomic E-state index is 9.31. The van der Waals surface area contributed by atoms with Crippen LogP contribution in [-0.4, -0.2) is 32.7 Å². The summed E-state index contributed by atoms with van der Waals surface area (Å²) in [5.41, 5.74) is 8.36. The molecule has 0 amide bonds. The molecule has 0 radical (unpaired) electrons. The molecule has 2 aromatic rings. The summed E-state index contributed by atoms with van der Waals surface area (Å²) in [5, 5.41) is 22.2. The number of nitrogens with two attached hydrogens (primary N) is 1. The van der Waals surface area contributed by atoms with Crippen molar-refractivity contribution < 1.29 is 10.2 Å². The second kappa shape index (κ2) is 4.99. The zero-order valence-corrected chi connectivity index (χ0v) is 9.32. The molecule has 90 valence electrons. The normalized spacial score (nSPS) is 12.6. The predicted molar refractivity (Wildman–Crippen MR) is 65.2 cm³/mol. The zero-order chi connectivity index (χ0) is 12.3. The van der Waals surface area contributed by atoms with Gasteiger partial charge in [-0.3, -0.25) is 4.68 Å². The Balaban J connectivity index is 2.21. The van der Waals surface area contributed by atoms with Crippen LogP contribution in [0.15, 0.2) is 36.7 Å². The lowest BCUT2D eigenvalue weighted by atomic mass is 10.1. The first kappa shape index (κ1) is 11.6. The van der Waals surface area contributed by atoms with Crippen LogP contribution < -0.4 is 5.73 Å². The summed E-state index contributed by atoms with van der Waals surface area (Å²) >= 11 is 0. The van der Waals surface area contributed by atoms with E-state index in [1.54, 1.807) is 17.1 Å². The molecule has 1 heterocycles. The molecule has 4 N–H and O–H groups in total. The minimum atomic E-state index is -0.795. The molecule has 0 spiro atoms. The number of benzene rings is 1. The quantitative estimate of drug-likeness (QED) is 0.671. The SMILES string of the molecule is Nc1ccccc1-c1cnn(CC(O)CO)c1. The molecule has 0 aliphatic heterocycles. The van der Waals surface area contributed by atoms with Crippen molar-refractivity contribution in [3.8, 4) is 11.1 Å². The van der Waals surface area contributed by atoms with Crippen molar-refractivity contribution >= 4 is 5.69 Å². The maximum absolute atomic E-state index is 9.31. The number of anilines is 1. The number of nitrogen functional groups attached to an aromatic ring is 1. The molecular weight excluding hydrogens is 218 g/mol. The molecule has 1 aromatic carbocycles. The monoisotopic (exact) mass is 233 g/mol. The average molecular weight is 233 g/mol. The van der Waals surface area contributed by atoms with Gasteiger partial charge >= 0.3 is 0 Å². The largest absolute Gasteiger partial charge is 0.398 e. The standard InChI is InChI=1S/C12H15N3O2/c13-12-4-2-1-3-11(12)9-5-14-15(6-9)7-10(17)8-16/h1-6,10,16-17H,7-8,13H2. The van der Waals surface area contributed by atoms with Gasteiger partial charge in [-0.05, 0) is 6.07 Å². The minimum absolute atomic E-state index is 0.267. The van der Waals surface area contributed by atoms with Crippen LogP contribution in [0.25, 0.3) is 11.1 Å². The van der Waals surface area contributed by atoms with Gasteiger partial charge in [0.1, 0.15) is 0 Å². The fourth-order valence-corrected chi connectivity index (χ4v) is 1.64. The molecule has 0 saturated carbocycles. The van der Waals surface area contributed by atoms with Crippen LogP contribution in [-0.2, 0) is 6.54 Å². The van der Waals surface area contributed by atoms with Crippen molar-refractivity contribution in [2.24, 2.45) is 0 Å². The molecule has 5 nitrogen and oxygen atoms in total. The highest BCUT2D eigenvalue weighted by Gasteiger charge is 2.07. The fraction of sp³-hybridized carbons (Fsp3) is 0.250. The van der Waals surface area contributed by atoms with Crippen molar-refractivity contribution in [2.45, 2.75) is 12.6 Å². The Morgan fingerprint density at radius 3 is 2.82 bits per heavy atom. The van der Waals surface area contributed by atoms with E-state index < -0.39 is 6.10 Å². The summed E-state index contributed by atoms with van der Waals surface area (Å²) in [6.07, 6.45) is 2.69. The Hall–Kier alpha value is -1.85. The number of aromatic nitrogens is 2. The molecule has 2 rings (SSSR count). The summed E-state index contributed by atoms with van der Waals surface area (Å²) in [6.45, 7) is -0.00803. The van der Waals surface area contributed by atoms with Gasteiger partial charge in [0.25, 0.3) is 0 Å². The van der Waals surface area contributed by atoms with Crippen molar-refractivity contribution in [3.63, 3.8) is 0 Å². The van der Waals surface area contributed by atoms with Crippen molar-refractivity contribution in [1.82, 2.24) is 9.78 Å². The van der Waals surface area contributed by atoms with Gasteiger partial charge in [-0.25, -0.2) is 0 Å². The second-order valence-corrected chi connectivity index (χ2v) is 3.87. The third-order valence-electron chi connectivity index (χ3n) is 2.51. The van der Waals surface area contributed by atoms with Crippen molar-refractivity contribution in [2.75, 3.05) is 12.3 Å². The molecule has 17 heavy (non-hydrogen) atoms. The second-order valence-electron chi connectivity index (χ2n) is 3.87.